The van der Waals surface area contributed by atoms with E-state index in [9.17, 15) is 8.78 Å². The summed E-state index contributed by atoms with van der Waals surface area (Å²) in [5, 5.41) is 0. The summed E-state index contributed by atoms with van der Waals surface area (Å²) in [4.78, 5) is 0. The number of halogens is 2. The lowest BCUT2D eigenvalue weighted by Gasteiger charge is -2.07. The van der Waals surface area contributed by atoms with Crippen LogP contribution >= 0.6 is 0 Å². The number of hydrogen-bond acceptors (Lipinski definition) is 0. The van der Waals surface area contributed by atoms with Gasteiger partial charge in [0.1, 0.15) is 11.6 Å². The molecule has 0 nitrogen and oxygen atoms in total. The fraction of sp³-hybridized carbons (Fsp3) is 0.167. The molecule has 2 heteroatoms. The van der Waals surface area contributed by atoms with Gasteiger partial charge in [-0.3, -0.25) is 0 Å². The molecule has 0 heterocycles. The molecule has 1 aliphatic rings. The minimum atomic E-state index is -0.536. The van der Waals surface area contributed by atoms with Gasteiger partial charge in [-0.1, -0.05) is 18.2 Å². The third-order valence-electron chi connectivity index (χ3n) is 2.24. The maximum atomic E-state index is 13.3. The average Bonchev–Trinajstić information content (AvgIpc) is 2.19. The summed E-state index contributed by atoms with van der Waals surface area (Å²) in [6.07, 6.45) is 7.75. The maximum Gasteiger partial charge on any atom is 0.133 e. The van der Waals surface area contributed by atoms with Gasteiger partial charge in [0.05, 0.1) is 0 Å². The fourth-order valence-corrected chi connectivity index (χ4v) is 1.54. The molecule has 0 radical (unpaired) electrons. The van der Waals surface area contributed by atoms with E-state index in [1.165, 1.54) is 12.1 Å². The molecule has 0 bridgehead atoms. The summed E-state index contributed by atoms with van der Waals surface area (Å²) >= 11 is 0. The molecule has 0 unspecified atom stereocenters. The van der Waals surface area contributed by atoms with Crippen LogP contribution in [0.4, 0.5) is 8.78 Å². The van der Waals surface area contributed by atoms with Gasteiger partial charge in [0.2, 0.25) is 0 Å². The van der Waals surface area contributed by atoms with Crippen molar-refractivity contribution >= 4 is 5.57 Å². The van der Waals surface area contributed by atoms with Crippen LogP contribution in [0.15, 0.2) is 36.4 Å². The molecular formula is C12H10F2. The first-order valence-corrected chi connectivity index (χ1v) is 4.59. The number of hydrogen-bond donors (Lipinski definition) is 0. The first-order valence-electron chi connectivity index (χ1n) is 4.59. The summed E-state index contributed by atoms with van der Waals surface area (Å²) in [5.74, 6) is -1.03. The van der Waals surface area contributed by atoms with Crippen LogP contribution in [0, 0.1) is 11.6 Å². The van der Waals surface area contributed by atoms with Crippen LogP contribution in [0.2, 0.25) is 0 Å². The molecular weight excluding hydrogens is 182 g/mol. The zero-order valence-electron chi connectivity index (χ0n) is 7.63. The van der Waals surface area contributed by atoms with E-state index < -0.39 is 11.6 Å². The molecule has 1 aliphatic carbocycles. The first-order chi connectivity index (χ1) is 6.77. The van der Waals surface area contributed by atoms with Crippen LogP contribution in [0.5, 0.6) is 0 Å². The van der Waals surface area contributed by atoms with Gasteiger partial charge in [0.25, 0.3) is 0 Å². The SMILES string of the molecule is Fc1ccc(C2=CCCC=C2)c(F)c1. The lowest BCUT2D eigenvalue weighted by molar-refractivity contribution is 0.581. The van der Waals surface area contributed by atoms with Crippen molar-refractivity contribution in [1.82, 2.24) is 0 Å². The summed E-state index contributed by atoms with van der Waals surface area (Å²) in [5.41, 5.74) is 1.32. The van der Waals surface area contributed by atoms with Gasteiger partial charge >= 0.3 is 0 Å². The van der Waals surface area contributed by atoms with E-state index in [1.54, 1.807) is 0 Å². The Hall–Kier alpha value is -1.44. The van der Waals surface area contributed by atoms with E-state index >= 15 is 0 Å². The van der Waals surface area contributed by atoms with Gasteiger partial charge in [-0.05, 0) is 30.5 Å². The monoisotopic (exact) mass is 192 g/mol. The molecule has 0 spiro atoms. The molecule has 0 atom stereocenters. The van der Waals surface area contributed by atoms with E-state index in [0.717, 1.165) is 24.5 Å². The third-order valence-corrected chi connectivity index (χ3v) is 2.24. The topological polar surface area (TPSA) is 0 Å². The highest BCUT2D eigenvalue weighted by molar-refractivity contribution is 5.75. The zero-order valence-corrected chi connectivity index (χ0v) is 7.63. The summed E-state index contributed by atoms with van der Waals surface area (Å²) in [7, 11) is 0. The number of allylic oxidation sites excluding steroid dienone is 4. The molecule has 1 aromatic rings. The highest BCUT2D eigenvalue weighted by Crippen LogP contribution is 2.23. The number of rotatable bonds is 1. The van der Waals surface area contributed by atoms with Crippen molar-refractivity contribution in [3.05, 3.63) is 53.6 Å². The van der Waals surface area contributed by atoms with Crippen molar-refractivity contribution in [3.8, 4) is 0 Å². The normalized spacial score (nSPS) is 15.4. The summed E-state index contributed by atoms with van der Waals surface area (Å²) in [6, 6.07) is 3.67. The molecule has 0 amide bonds. The molecule has 2 rings (SSSR count). The second-order valence-corrected chi connectivity index (χ2v) is 3.26. The van der Waals surface area contributed by atoms with Crippen molar-refractivity contribution < 1.29 is 8.78 Å². The minimum absolute atomic E-state index is 0.474. The van der Waals surface area contributed by atoms with Gasteiger partial charge in [0, 0.05) is 11.6 Å². The smallest absolute Gasteiger partial charge is 0.133 e. The van der Waals surface area contributed by atoms with E-state index in [0.29, 0.717) is 5.56 Å². The standard InChI is InChI=1S/C12H10F2/c13-10-6-7-11(12(14)8-10)9-4-2-1-3-5-9/h2,4-8H,1,3H2. The zero-order chi connectivity index (χ0) is 9.97. The largest absolute Gasteiger partial charge is 0.207 e. The highest BCUT2D eigenvalue weighted by atomic mass is 19.1. The third kappa shape index (κ3) is 1.74. The van der Waals surface area contributed by atoms with E-state index in [1.807, 2.05) is 18.2 Å². The maximum absolute atomic E-state index is 13.3. The highest BCUT2D eigenvalue weighted by Gasteiger charge is 2.07. The Labute approximate surface area is 81.6 Å². The van der Waals surface area contributed by atoms with Crippen LogP contribution in [0.1, 0.15) is 18.4 Å². The average molecular weight is 192 g/mol. The minimum Gasteiger partial charge on any atom is -0.207 e. The Balaban J connectivity index is 2.41. The fourth-order valence-electron chi connectivity index (χ4n) is 1.54. The van der Waals surface area contributed by atoms with Crippen molar-refractivity contribution in [1.29, 1.82) is 0 Å². The van der Waals surface area contributed by atoms with Crippen LogP contribution in [0.3, 0.4) is 0 Å². The van der Waals surface area contributed by atoms with Crippen molar-refractivity contribution in [3.63, 3.8) is 0 Å². The van der Waals surface area contributed by atoms with Gasteiger partial charge in [-0.25, -0.2) is 8.78 Å². The Morgan fingerprint density at radius 2 is 1.93 bits per heavy atom. The Morgan fingerprint density at radius 1 is 1.07 bits per heavy atom. The first kappa shape index (κ1) is 9.13. The molecule has 1 aromatic carbocycles. The van der Waals surface area contributed by atoms with E-state index in [-0.39, 0.29) is 0 Å². The molecule has 0 N–H and O–H groups in total. The molecule has 14 heavy (non-hydrogen) atoms. The molecule has 0 saturated heterocycles. The number of benzene rings is 1. The van der Waals surface area contributed by atoms with Crippen LogP contribution in [0.25, 0.3) is 5.57 Å². The van der Waals surface area contributed by atoms with E-state index in [2.05, 4.69) is 0 Å². The van der Waals surface area contributed by atoms with Gasteiger partial charge < -0.3 is 0 Å². The van der Waals surface area contributed by atoms with Crippen LogP contribution in [-0.4, -0.2) is 0 Å². The molecule has 0 aliphatic heterocycles. The Kier molecular flexibility index (Phi) is 2.44. The summed E-state index contributed by atoms with van der Waals surface area (Å²) < 4.78 is 26.0. The van der Waals surface area contributed by atoms with Crippen molar-refractivity contribution in [2.45, 2.75) is 12.8 Å². The Bertz CT molecular complexity index is 403. The van der Waals surface area contributed by atoms with Gasteiger partial charge in [-0.15, -0.1) is 0 Å². The van der Waals surface area contributed by atoms with Crippen LogP contribution < -0.4 is 0 Å². The summed E-state index contributed by atoms with van der Waals surface area (Å²) in [6.45, 7) is 0. The Morgan fingerprint density at radius 3 is 2.57 bits per heavy atom. The quantitative estimate of drug-likeness (QED) is 0.636. The van der Waals surface area contributed by atoms with Gasteiger partial charge in [0.15, 0.2) is 0 Å². The molecule has 72 valence electrons. The molecule has 0 saturated carbocycles. The van der Waals surface area contributed by atoms with Gasteiger partial charge in [-0.2, -0.15) is 0 Å². The lowest BCUT2D eigenvalue weighted by atomic mass is 9.99. The predicted molar refractivity (Wildman–Crippen MR) is 52.7 cm³/mol. The van der Waals surface area contributed by atoms with Crippen LogP contribution in [-0.2, 0) is 0 Å². The van der Waals surface area contributed by atoms with Crippen molar-refractivity contribution in [2.75, 3.05) is 0 Å². The second kappa shape index (κ2) is 3.74. The molecule has 0 fully saturated rings. The predicted octanol–water partition coefficient (Wildman–Crippen LogP) is 3.70. The van der Waals surface area contributed by atoms with E-state index in [4.69, 9.17) is 0 Å². The lowest BCUT2D eigenvalue weighted by Crippen LogP contribution is -1.91. The molecule has 0 aromatic heterocycles. The van der Waals surface area contributed by atoms with Crippen molar-refractivity contribution in [2.24, 2.45) is 0 Å². The second-order valence-electron chi connectivity index (χ2n) is 3.26.